The van der Waals surface area contributed by atoms with Crippen LogP contribution in [0.5, 0.6) is 0 Å². The molecule has 2 atom stereocenters. The van der Waals surface area contributed by atoms with Crippen molar-refractivity contribution in [1.82, 2.24) is 14.1 Å². The van der Waals surface area contributed by atoms with Crippen LogP contribution in [-0.2, 0) is 19.6 Å². The summed E-state index contributed by atoms with van der Waals surface area (Å²) < 4.78 is 66.1. The fourth-order valence-corrected chi connectivity index (χ4v) is 6.83. The van der Waals surface area contributed by atoms with Crippen LogP contribution < -0.4 is 0 Å². The summed E-state index contributed by atoms with van der Waals surface area (Å²) in [6, 6.07) is 8.04. The van der Waals surface area contributed by atoms with Crippen molar-refractivity contribution < 1.29 is 36.3 Å². The number of benzene rings is 1. The van der Waals surface area contributed by atoms with E-state index in [1.807, 2.05) is 35.2 Å². The number of carboxylic acids is 1. The first-order valence-corrected chi connectivity index (χ1v) is 13.4. The van der Waals surface area contributed by atoms with Crippen LogP contribution in [0.1, 0.15) is 44.1 Å². The second-order valence-corrected chi connectivity index (χ2v) is 12.0. The molecule has 0 radical (unpaired) electrons. The third kappa shape index (κ3) is 5.19. The van der Waals surface area contributed by atoms with E-state index in [1.54, 1.807) is 0 Å². The molecule has 1 aliphatic carbocycles. The first kappa shape index (κ1) is 25.9. The molecule has 0 bridgehead atoms. The number of likely N-dealkylation sites (tertiary alicyclic amines) is 1. The summed E-state index contributed by atoms with van der Waals surface area (Å²) in [4.78, 5) is 26.9. The zero-order chi connectivity index (χ0) is 25.6. The molecule has 2 heterocycles. The molecule has 0 aromatic heterocycles. The van der Waals surface area contributed by atoms with Gasteiger partial charge in [-0.2, -0.15) is 17.5 Å². The molecule has 0 spiro atoms. The summed E-state index contributed by atoms with van der Waals surface area (Å²) >= 11 is 0. The SMILES string of the molecule is CCS(=O)(=O)N1CC(CC(=O)O)(N2CCC(N(C(=O)C(F)(F)F)[C@@H]3C[C@H]3c3ccccc3)CC2)C1. The van der Waals surface area contributed by atoms with Gasteiger partial charge in [-0.05, 0) is 31.7 Å². The van der Waals surface area contributed by atoms with E-state index in [0.717, 1.165) is 10.5 Å². The number of carboxylic acid groups (broad SMARTS) is 1. The van der Waals surface area contributed by atoms with Crippen molar-refractivity contribution >= 4 is 21.9 Å². The van der Waals surface area contributed by atoms with E-state index in [2.05, 4.69) is 0 Å². The van der Waals surface area contributed by atoms with Crippen LogP contribution >= 0.6 is 0 Å². The zero-order valence-corrected chi connectivity index (χ0v) is 20.3. The van der Waals surface area contributed by atoms with Crippen LogP contribution in [0, 0.1) is 0 Å². The van der Waals surface area contributed by atoms with E-state index in [-0.39, 0.29) is 44.0 Å². The summed E-state index contributed by atoms with van der Waals surface area (Å²) in [5.41, 5.74) is 0.0198. The fraction of sp³-hybridized carbons (Fsp3) is 0.652. The van der Waals surface area contributed by atoms with Gasteiger partial charge in [0.05, 0.1) is 17.7 Å². The fourth-order valence-electron chi connectivity index (χ4n) is 5.59. The molecule has 0 unspecified atom stereocenters. The first-order chi connectivity index (χ1) is 16.4. The van der Waals surface area contributed by atoms with Crippen molar-refractivity contribution in [2.75, 3.05) is 31.9 Å². The third-order valence-corrected chi connectivity index (χ3v) is 9.30. The van der Waals surface area contributed by atoms with Crippen molar-refractivity contribution in [1.29, 1.82) is 0 Å². The number of hydrogen-bond donors (Lipinski definition) is 1. The number of rotatable bonds is 8. The van der Waals surface area contributed by atoms with Gasteiger partial charge in [0, 0.05) is 44.2 Å². The van der Waals surface area contributed by atoms with Gasteiger partial charge in [0.1, 0.15) is 0 Å². The molecule has 3 fully saturated rings. The molecule has 12 heteroatoms. The summed E-state index contributed by atoms with van der Waals surface area (Å²) in [6.07, 6.45) is -4.23. The van der Waals surface area contributed by atoms with Gasteiger partial charge in [-0.25, -0.2) is 8.42 Å². The molecule has 1 amide bonds. The molecule has 8 nitrogen and oxygen atoms in total. The first-order valence-electron chi connectivity index (χ1n) is 11.8. The van der Waals surface area contributed by atoms with Gasteiger partial charge < -0.3 is 10.0 Å². The summed E-state index contributed by atoms with van der Waals surface area (Å²) in [7, 11) is -3.46. The molecular weight excluding hydrogens is 487 g/mol. The standard InChI is InChI=1S/C23H30F3N3O5S/c1-2-35(33,34)28-14-22(15-28,13-20(30)31)27-10-8-17(9-11-27)29(21(32)23(24,25)26)19-12-18(19)16-6-4-3-5-7-16/h3-7,17-19H,2,8-15H2,1H3,(H,30,31)/t18-,19+/m0/s1. The minimum Gasteiger partial charge on any atom is -0.481 e. The lowest BCUT2D eigenvalue weighted by atomic mass is 9.84. The lowest BCUT2D eigenvalue weighted by molar-refractivity contribution is -0.190. The average molecular weight is 518 g/mol. The Bertz CT molecular complexity index is 1050. The van der Waals surface area contributed by atoms with Crippen molar-refractivity contribution in [3.8, 4) is 0 Å². The average Bonchev–Trinajstić information content (AvgIpc) is 3.57. The third-order valence-electron chi connectivity index (χ3n) is 7.53. The van der Waals surface area contributed by atoms with Gasteiger partial charge in [-0.1, -0.05) is 30.3 Å². The molecule has 194 valence electrons. The molecule has 2 saturated heterocycles. The topological polar surface area (TPSA) is 98.2 Å². The largest absolute Gasteiger partial charge is 0.481 e. The van der Waals surface area contributed by atoms with E-state index in [0.29, 0.717) is 19.5 Å². The van der Waals surface area contributed by atoms with Crippen LogP contribution in [0.15, 0.2) is 30.3 Å². The van der Waals surface area contributed by atoms with E-state index in [9.17, 15) is 36.3 Å². The maximum Gasteiger partial charge on any atom is 0.471 e. The number of nitrogens with zero attached hydrogens (tertiary/aromatic N) is 3. The second-order valence-electron chi connectivity index (χ2n) is 9.71. The molecule has 35 heavy (non-hydrogen) atoms. The minimum absolute atomic E-state index is 0.0457. The Morgan fingerprint density at radius 2 is 1.74 bits per heavy atom. The molecule has 2 aliphatic heterocycles. The molecule has 1 aromatic carbocycles. The van der Waals surface area contributed by atoms with Crippen LogP contribution in [0.3, 0.4) is 0 Å². The second kappa shape index (κ2) is 9.36. The van der Waals surface area contributed by atoms with Crippen molar-refractivity contribution in [3.05, 3.63) is 35.9 Å². The quantitative estimate of drug-likeness (QED) is 0.568. The Morgan fingerprint density at radius 1 is 1.14 bits per heavy atom. The minimum atomic E-state index is -4.98. The maximum absolute atomic E-state index is 13.5. The van der Waals surface area contributed by atoms with E-state index >= 15 is 0 Å². The Balaban J connectivity index is 1.47. The molecule has 1 aromatic rings. The van der Waals surface area contributed by atoms with E-state index < -0.39 is 45.7 Å². The highest BCUT2D eigenvalue weighted by molar-refractivity contribution is 7.89. The highest BCUT2D eigenvalue weighted by atomic mass is 32.2. The van der Waals surface area contributed by atoms with Gasteiger partial charge in [0.25, 0.3) is 0 Å². The van der Waals surface area contributed by atoms with E-state index in [1.165, 1.54) is 11.2 Å². The number of alkyl halides is 3. The van der Waals surface area contributed by atoms with Crippen LogP contribution in [-0.4, -0.2) is 95.2 Å². The predicted octanol–water partition coefficient (Wildman–Crippen LogP) is 2.28. The number of aliphatic carboxylic acids is 1. The molecule has 3 aliphatic rings. The molecular formula is C23H30F3N3O5S. The number of amides is 1. The van der Waals surface area contributed by atoms with Crippen molar-refractivity contribution in [2.24, 2.45) is 0 Å². The van der Waals surface area contributed by atoms with E-state index in [4.69, 9.17) is 0 Å². The lowest BCUT2D eigenvalue weighted by Gasteiger charge is -2.56. The van der Waals surface area contributed by atoms with Crippen LogP contribution in [0.25, 0.3) is 0 Å². The van der Waals surface area contributed by atoms with Gasteiger partial charge in [-0.3, -0.25) is 14.5 Å². The monoisotopic (exact) mass is 517 g/mol. The predicted molar refractivity (Wildman–Crippen MR) is 121 cm³/mol. The zero-order valence-electron chi connectivity index (χ0n) is 19.4. The van der Waals surface area contributed by atoms with Crippen molar-refractivity contribution in [3.63, 3.8) is 0 Å². The number of piperidine rings is 1. The number of sulfonamides is 1. The molecule has 1 N–H and O–H groups in total. The number of carbonyl (C=O) groups is 2. The highest BCUT2D eigenvalue weighted by Gasteiger charge is 2.56. The Kier molecular flexibility index (Phi) is 6.93. The summed E-state index contributed by atoms with van der Waals surface area (Å²) in [5, 5.41) is 9.44. The molecule has 1 saturated carbocycles. The van der Waals surface area contributed by atoms with Crippen LogP contribution in [0.2, 0.25) is 0 Å². The smallest absolute Gasteiger partial charge is 0.471 e. The van der Waals surface area contributed by atoms with Gasteiger partial charge in [0.2, 0.25) is 10.0 Å². The number of carbonyl (C=O) groups excluding carboxylic acids is 1. The van der Waals surface area contributed by atoms with Gasteiger partial charge >= 0.3 is 18.1 Å². The van der Waals surface area contributed by atoms with Crippen LogP contribution in [0.4, 0.5) is 13.2 Å². The number of halogens is 3. The summed E-state index contributed by atoms with van der Waals surface area (Å²) in [6.45, 7) is 2.20. The Hall–Kier alpha value is -2.18. The Morgan fingerprint density at radius 3 is 2.26 bits per heavy atom. The molecule has 4 rings (SSSR count). The van der Waals surface area contributed by atoms with Gasteiger partial charge in [0.15, 0.2) is 0 Å². The maximum atomic E-state index is 13.5. The Labute approximate surface area is 202 Å². The summed E-state index contributed by atoms with van der Waals surface area (Å²) in [5.74, 6) is -3.11. The normalized spacial score (nSPS) is 25.6. The number of hydrogen-bond acceptors (Lipinski definition) is 5. The lowest BCUT2D eigenvalue weighted by Crippen LogP contribution is -2.73. The highest BCUT2D eigenvalue weighted by Crippen LogP contribution is 2.48. The van der Waals surface area contributed by atoms with Gasteiger partial charge in [-0.15, -0.1) is 0 Å². The van der Waals surface area contributed by atoms with Crippen molar-refractivity contribution in [2.45, 2.75) is 62.3 Å².